The zero-order valence-electron chi connectivity index (χ0n) is 19.3. The number of nitrogens with zero attached hydrogens (tertiary/aromatic N) is 2. The van der Waals surface area contributed by atoms with Crippen LogP contribution in [0.2, 0.25) is 0 Å². The molecule has 31 heavy (non-hydrogen) atoms. The number of hydrogen-bond acceptors (Lipinski definition) is 4. The Bertz CT molecular complexity index is 741. The van der Waals surface area contributed by atoms with Crippen LogP contribution in [0.15, 0.2) is 48.5 Å². The molecule has 0 spiro atoms. The first-order valence-corrected chi connectivity index (χ1v) is 11.3. The Labute approximate surface area is 186 Å². The summed E-state index contributed by atoms with van der Waals surface area (Å²) < 4.78 is 0. The largest absolute Gasteiger partial charge is 0.372 e. The highest BCUT2D eigenvalue weighted by Gasteiger charge is 2.08. The van der Waals surface area contributed by atoms with E-state index in [0.717, 1.165) is 48.9 Å². The monoisotopic (exact) mass is 424 g/mol. The Morgan fingerprint density at radius 2 is 0.935 bits per heavy atom. The molecule has 0 aromatic heterocycles. The van der Waals surface area contributed by atoms with Crippen LogP contribution in [-0.4, -0.2) is 38.0 Å². The van der Waals surface area contributed by atoms with E-state index >= 15 is 0 Å². The van der Waals surface area contributed by atoms with Gasteiger partial charge in [0.05, 0.1) is 0 Å². The van der Waals surface area contributed by atoms with Gasteiger partial charge in [-0.2, -0.15) is 0 Å². The molecule has 0 heterocycles. The van der Waals surface area contributed by atoms with E-state index in [1.54, 1.807) is 0 Å². The SMILES string of the molecule is CCN(CC)c1ccc(NC(=O)CCCC(=O)Nc2ccc(N(CC)CC)cc2)cc1. The summed E-state index contributed by atoms with van der Waals surface area (Å²) in [6.07, 6.45) is 1.13. The highest BCUT2D eigenvalue weighted by atomic mass is 16.2. The van der Waals surface area contributed by atoms with Gasteiger partial charge in [-0.1, -0.05) is 0 Å². The van der Waals surface area contributed by atoms with E-state index in [1.807, 2.05) is 48.5 Å². The van der Waals surface area contributed by atoms with E-state index in [2.05, 4.69) is 48.1 Å². The molecule has 0 fully saturated rings. The first kappa shape index (κ1) is 24.3. The lowest BCUT2D eigenvalue weighted by Gasteiger charge is -2.21. The molecule has 2 rings (SSSR count). The number of carbonyl (C=O) groups is 2. The first-order chi connectivity index (χ1) is 15.0. The fourth-order valence-corrected chi connectivity index (χ4v) is 3.55. The van der Waals surface area contributed by atoms with Crippen molar-refractivity contribution in [3.05, 3.63) is 48.5 Å². The minimum atomic E-state index is -0.0769. The van der Waals surface area contributed by atoms with Crippen LogP contribution in [0.4, 0.5) is 22.7 Å². The molecule has 0 radical (unpaired) electrons. The summed E-state index contributed by atoms with van der Waals surface area (Å²) in [6, 6.07) is 15.7. The fraction of sp³-hybridized carbons (Fsp3) is 0.440. The van der Waals surface area contributed by atoms with E-state index in [-0.39, 0.29) is 11.8 Å². The van der Waals surface area contributed by atoms with Crippen molar-refractivity contribution in [1.29, 1.82) is 0 Å². The van der Waals surface area contributed by atoms with Gasteiger partial charge in [-0.15, -0.1) is 0 Å². The third-order valence-electron chi connectivity index (χ3n) is 5.37. The predicted octanol–water partition coefficient (Wildman–Crippen LogP) is 5.13. The van der Waals surface area contributed by atoms with E-state index in [9.17, 15) is 9.59 Å². The summed E-state index contributed by atoms with van der Waals surface area (Å²) in [7, 11) is 0. The summed E-state index contributed by atoms with van der Waals surface area (Å²) >= 11 is 0. The molecular weight excluding hydrogens is 388 g/mol. The zero-order chi connectivity index (χ0) is 22.6. The van der Waals surface area contributed by atoms with Crippen molar-refractivity contribution in [2.45, 2.75) is 47.0 Å². The topological polar surface area (TPSA) is 64.7 Å². The van der Waals surface area contributed by atoms with Gasteiger partial charge in [0.2, 0.25) is 11.8 Å². The number of hydrogen-bond donors (Lipinski definition) is 2. The van der Waals surface area contributed by atoms with Gasteiger partial charge in [0, 0.05) is 61.8 Å². The molecule has 0 saturated carbocycles. The van der Waals surface area contributed by atoms with Crippen LogP contribution in [0.25, 0.3) is 0 Å². The molecule has 6 heteroatoms. The average Bonchev–Trinajstić information content (AvgIpc) is 2.77. The second kappa shape index (κ2) is 12.6. The van der Waals surface area contributed by atoms with Crippen LogP contribution in [-0.2, 0) is 9.59 Å². The summed E-state index contributed by atoms with van der Waals surface area (Å²) in [5.41, 5.74) is 3.84. The summed E-state index contributed by atoms with van der Waals surface area (Å²) in [5.74, 6) is -0.154. The Morgan fingerprint density at radius 1 is 0.613 bits per heavy atom. The first-order valence-electron chi connectivity index (χ1n) is 11.3. The van der Waals surface area contributed by atoms with Crippen molar-refractivity contribution < 1.29 is 9.59 Å². The quantitative estimate of drug-likeness (QED) is 0.496. The molecule has 2 N–H and O–H groups in total. The molecule has 6 nitrogen and oxygen atoms in total. The molecule has 2 aromatic rings. The fourth-order valence-electron chi connectivity index (χ4n) is 3.55. The molecule has 0 unspecified atom stereocenters. The summed E-state index contributed by atoms with van der Waals surface area (Å²) in [4.78, 5) is 28.9. The van der Waals surface area contributed by atoms with Gasteiger partial charge in [0.1, 0.15) is 0 Å². The highest BCUT2D eigenvalue weighted by molar-refractivity contribution is 5.93. The average molecular weight is 425 g/mol. The van der Waals surface area contributed by atoms with Crippen molar-refractivity contribution in [2.75, 3.05) is 46.6 Å². The van der Waals surface area contributed by atoms with Gasteiger partial charge in [0.25, 0.3) is 0 Å². The molecule has 0 aliphatic heterocycles. The van der Waals surface area contributed by atoms with Crippen LogP contribution < -0.4 is 20.4 Å². The maximum absolute atomic E-state index is 12.2. The van der Waals surface area contributed by atoms with E-state index < -0.39 is 0 Å². The van der Waals surface area contributed by atoms with Crippen molar-refractivity contribution in [1.82, 2.24) is 0 Å². The smallest absolute Gasteiger partial charge is 0.224 e. The molecule has 168 valence electrons. The van der Waals surface area contributed by atoms with Crippen molar-refractivity contribution in [3.8, 4) is 0 Å². The standard InChI is InChI=1S/C25H36N4O2/c1-5-28(6-2)22-16-12-20(13-17-22)26-24(30)10-9-11-25(31)27-21-14-18-23(19-15-21)29(7-3)8-4/h12-19H,5-11H2,1-4H3,(H,26,30)(H,27,31). The van der Waals surface area contributed by atoms with E-state index in [1.165, 1.54) is 0 Å². The van der Waals surface area contributed by atoms with Crippen LogP contribution in [0.1, 0.15) is 47.0 Å². The minimum Gasteiger partial charge on any atom is -0.372 e. The maximum Gasteiger partial charge on any atom is 0.224 e. The van der Waals surface area contributed by atoms with Crippen LogP contribution in [0.5, 0.6) is 0 Å². The molecule has 2 aromatic carbocycles. The lowest BCUT2D eigenvalue weighted by Crippen LogP contribution is -2.21. The normalized spacial score (nSPS) is 10.5. The Hall–Kier alpha value is -3.02. The molecule has 0 atom stereocenters. The van der Waals surface area contributed by atoms with E-state index in [0.29, 0.717) is 19.3 Å². The van der Waals surface area contributed by atoms with Crippen molar-refractivity contribution >= 4 is 34.6 Å². The lowest BCUT2D eigenvalue weighted by molar-refractivity contribution is -0.117. The number of anilines is 4. The number of nitrogens with one attached hydrogen (secondary N) is 2. The van der Waals surface area contributed by atoms with Crippen molar-refractivity contribution in [3.63, 3.8) is 0 Å². The van der Waals surface area contributed by atoms with Crippen LogP contribution >= 0.6 is 0 Å². The predicted molar refractivity (Wildman–Crippen MR) is 131 cm³/mol. The highest BCUT2D eigenvalue weighted by Crippen LogP contribution is 2.19. The Kier molecular flexibility index (Phi) is 9.88. The van der Waals surface area contributed by atoms with Gasteiger partial charge in [-0.3, -0.25) is 9.59 Å². The number of benzene rings is 2. The Morgan fingerprint density at radius 3 is 1.23 bits per heavy atom. The van der Waals surface area contributed by atoms with Crippen LogP contribution in [0, 0.1) is 0 Å². The van der Waals surface area contributed by atoms with Gasteiger partial charge in [0.15, 0.2) is 0 Å². The second-order valence-corrected chi connectivity index (χ2v) is 7.39. The van der Waals surface area contributed by atoms with Gasteiger partial charge >= 0.3 is 0 Å². The molecule has 0 bridgehead atoms. The number of rotatable bonds is 12. The number of amides is 2. The van der Waals surface area contributed by atoms with Gasteiger partial charge in [-0.25, -0.2) is 0 Å². The number of carbonyl (C=O) groups excluding carboxylic acids is 2. The molecule has 0 aliphatic carbocycles. The lowest BCUT2D eigenvalue weighted by atomic mass is 10.2. The summed E-state index contributed by atoms with van der Waals surface area (Å²) in [5, 5.41) is 5.80. The zero-order valence-corrected chi connectivity index (χ0v) is 19.3. The van der Waals surface area contributed by atoms with Gasteiger partial charge in [-0.05, 0) is 82.6 Å². The third kappa shape index (κ3) is 7.63. The molecule has 0 saturated heterocycles. The van der Waals surface area contributed by atoms with E-state index in [4.69, 9.17) is 0 Å². The maximum atomic E-state index is 12.2. The third-order valence-corrected chi connectivity index (χ3v) is 5.37. The van der Waals surface area contributed by atoms with Crippen molar-refractivity contribution in [2.24, 2.45) is 0 Å². The molecule has 0 aliphatic rings. The van der Waals surface area contributed by atoms with Gasteiger partial charge < -0.3 is 20.4 Å². The molecule has 2 amide bonds. The second-order valence-electron chi connectivity index (χ2n) is 7.39. The summed E-state index contributed by atoms with van der Waals surface area (Å²) in [6.45, 7) is 12.3. The molecular formula is C25H36N4O2. The Balaban J connectivity index is 1.73. The minimum absolute atomic E-state index is 0.0769. The van der Waals surface area contributed by atoms with Crippen LogP contribution in [0.3, 0.4) is 0 Å².